The molecule has 0 nitrogen and oxygen atoms in total. The first-order chi connectivity index (χ1) is 21.8. The minimum Gasteiger partial charge on any atom is -0.0656 e. The molecule has 0 heterocycles. The van der Waals surface area contributed by atoms with Crippen molar-refractivity contribution in [3.63, 3.8) is 0 Å². The Bertz CT molecular complexity index is 1780. The number of benzene rings is 6. The zero-order chi connectivity index (χ0) is 31.6. The van der Waals surface area contributed by atoms with E-state index in [1.54, 1.807) is 0 Å². The fourth-order valence-electron chi connectivity index (χ4n) is 7.30. The molecule has 0 saturated carbocycles. The van der Waals surface area contributed by atoms with Crippen LogP contribution in [0.15, 0.2) is 146 Å². The largest absolute Gasteiger partial charge is 0.0713 e. The van der Waals surface area contributed by atoms with E-state index in [2.05, 4.69) is 187 Å². The summed E-state index contributed by atoms with van der Waals surface area (Å²) in [7, 11) is 0. The number of hydrogen-bond donors (Lipinski definition) is 0. The lowest BCUT2D eigenvalue weighted by atomic mass is 9.67. The van der Waals surface area contributed by atoms with Crippen molar-refractivity contribution in [3.05, 3.63) is 190 Å². The van der Waals surface area contributed by atoms with Crippen LogP contribution in [0.2, 0.25) is 0 Å². The van der Waals surface area contributed by atoms with E-state index >= 15 is 0 Å². The predicted molar refractivity (Wildman–Crippen MR) is 193 cm³/mol. The number of fused-ring (bicyclic) bond motifs is 6. The standard InChI is InChI=1S/C27H22.C15H14.C3H8/c1-19-11-15-21(16-12-19)27(22-17-13-20(2)14-18-22)25-9-5-3-7-23(25)24-8-4-6-10-26(24)27;1-15(2)13-9-5-3-7-11(13)12-8-4-6-10-14(12)15;1-3-2/h3-18H,1-2H3;3-10H,1-2H3;3H2,1-2H3. The number of rotatable bonds is 2. The fraction of sp³-hybridized carbons (Fsp3) is 0.200. The van der Waals surface area contributed by atoms with Crippen LogP contribution in [0.4, 0.5) is 0 Å². The Morgan fingerprint density at radius 1 is 0.378 bits per heavy atom. The van der Waals surface area contributed by atoms with Gasteiger partial charge in [-0.25, -0.2) is 0 Å². The van der Waals surface area contributed by atoms with Crippen LogP contribution in [0.1, 0.15) is 78.6 Å². The molecule has 0 saturated heterocycles. The molecule has 0 unspecified atom stereocenters. The van der Waals surface area contributed by atoms with Crippen LogP contribution in [0.5, 0.6) is 0 Å². The maximum absolute atomic E-state index is 2.30. The quantitative estimate of drug-likeness (QED) is 0.190. The molecule has 0 atom stereocenters. The van der Waals surface area contributed by atoms with E-state index in [0.29, 0.717) is 0 Å². The molecule has 8 rings (SSSR count). The zero-order valence-corrected chi connectivity index (χ0v) is 27.6. The van der Waals surface area contributed by atoms with Crippen molar-refractivity contribution in [2.24, 2.45) is 0 Å². The van der Waals surface area contributed by atoms with Gasteiger partial charge in [0.15, 0.2) is 0 Å². The van der Waals surface area contributed by atoms with Crippen molar-refractivity contribution in [1.29, 1.82) is 0 Å². The van der Waals surface area contributed by atoms with Crippen molar-refractivity contribution >= 4 is 0 Å². The van der Waals surface area contributed by atoms with Gasteiger partial charge in [-0.1, -0.05) is 191 Å². The van der Waals surface area contributed by atoms with Crippen molar-refractivity contribution in [3.8, 4) is 22.3 Å². The number of hydrogen-bond acceptors (Lipinski definition) is 0. The van der Waals surface area contributed by atoms with E-state index in [4.69, 9.17) is 0 Å². The van der Waals surface area contributed by atoms with Gasteiger partial charge in [0.05, 0.1) is 5.41 Å². The van der Waals surface area contributed by atoms with Gasteiger partial charge in [-0.05, 0) is 69.5 Å². The molecule has 2 aliphatic rings. The van der Waals surface area contributed by atoms with Crippen LogP contribution < -0.4 is 0 Å². The Morgan fingerprint density at radius 2 is 0.644 bits per heavy atom. The second kappa shape index (κ2) is 12.4. The van der Waals surface area contributed by atoms with Crippen LogP contribution in [-0.4, -0.2) is 0 Å². The van der Waals surface area contributed by atoms with Gasteiger partial charge in [-0.2, -0.15) is 0 Å². The first-order valence-corrected chi connectivity index (χ1v) is 16.4. The molecule has 0 amide bonds. The molecule has 0 radical (unpaired) electrons. The van der Waals surface area contributed by atoms with Crippen LogP contribution in [0.25, 0.3) is 22.3 Å². The molecule has 0 aliphatic heterocycles. The molecule has 2 aliphatic carbocycles. The highest BCUT2D eigenvalue weighted by atomic mass is 14.5. The minimum absolute atomic E-state index is 0.160. The van der Waals surface area contributed by atoms with Crippen LogP contribution in [-0.2, 0) is 10.8 Å². The summed E-state index contributed by atoms with van der Waals surface area (Å²) in [5.74, 6) is 0. The predicted octanol–water partition coefficient (Wildman–Crippen LogP) is 12.1. The Hall–Kier alpha value is -4.68. The molecular formula is C45H44. The topological polar surface area (TPSA) is 0 Å². The van der Waals surface area contributed by atoms with Gasteiger partial charge in [-0.3, -0.25) is 0 Å². The van der Waals surface area contributed by atoms with E-state index in [9.17, 15) is 0 Å². The van der Waals surface area contributed by atoms with Crippen molar-refractivity contribution < 1.29 is 0 Å². The Kier molecular flexibility index (Phi) is 8.34. The molecule has 6 aromatic carbocycles. The van der Waals surface area contributed by atoms with Crippen molar-refractivity contribution in [2.75, 3.05) is 0 Å². The van der Waals surface area contributed by atoms with Crippen LogP contribution >= 0.6 is 0 Å². The third-order valence-electron chi connectivity index (χ3n) is 9.41. The molecule has 0 fully saturated rings. The first-order valence-electron chi connectivity index (χ1n) is 16.4. The summed E-state index contributed by atoms with van der Waals surface area (Å²) in [6.45, 7) is 13.2. The zero-order valence-electron chi connectivity index (χ0n) is 27.6. The second-order valence-electron chi connectivity index (χ2n) is 13.0. The normalized spacial score (nSPS) is 14.0. The minimum atomic E-state index is -0.269. The summed E-state index contributed by atoms with van der Waals surface area (Å²) in [4.78, 5) is 0. The first kappa shape index (κ1) is 30.4. The monoisotopic (exact) mass is 584 g/mol. The molecule has 0 spiro atoms. The maximum atomic E-state index is 2.30. The highest BCUT2D eigenvalue weighted by Gasteiger charge is 2.45. The van der Waals surface area contributed by atoms with Gasteiger partial charge in [0, 0.05) is 5.41 Å². The van der Waals surface area contributed by atoms with Crippen LogP contribution in [0, 0.1) is 13.8 Å². The highest BCUT2D eigenvalue weighted by Crippen LogP contribution is 2.56. The summed E-state index contributed by atoms with van der Waals surface area (Å²) in [5.41, 5.74) is 16.3. The van der Waals surface area contributed by atoms with E-state index in [1.807, 2.05) is 0 Å². The Labute approximate surface area is 270 Å². The van der Waals surface area contributed by atoms with E-state index in [1.165, 1.54) is 73.2 Å². The van der Waals surface area contributed by atoms with Crippen LogP contribution in [0.3, 0.4) is 0 Å². The molecule has 224 valence electrons. The van der Waals surface area contributed by atoms with Gasteiger partial charge in [0.2, 0.25) is 0 Å². The number of aryl methyl sites for hydroxylation is 2. The summed E-state index contributed by atoms with van der Waals surface area (Å²) in [6.07, 6.45) is 1.25. The second-order valence-corrected chi connectivity index (χ2v) is 13.0. The summed E-state index contributed by atoms with van der Waals surface area (Å²) in [6, 6.07) is 53.3. The molecule has 6 aromatic rings. The maximum Gasteiger partial charge on any atom is 0.0713 e. The molecule has 0 aromatic heterocycles. The van der Waals surface area contributed by atoms with Gasteiger partial charge >= 0.3 is 0 Å². The summed E-state index contributed by atoms with van der Waals surface area (Å²) in [5, 5.41) is 0. The lowest BCUT2D eigenvalue weighted by Crippen LogP contribution is -2.28. The van der Waals surface area contributed by atoms with Gasteiger partial charge in [0.1, 0.15) is 0 Å². The van der Waals surface area contributed by atoms with Crippen molar-refractivity contribution in [2.45, 2.75) is 58.8 Å². The molecular weight excluding hydrogens is 540 g/mol. The average Bonchev–Trinajstić information content (AvgIpc) is 3.50. The SMILES string of the molecule is CC1(C)c2ccccc2-c2ccccc21.CCC.Cc1ccc(C2(c3ccc(C)cc3)c3ccccc3-c3ccccc32)cc1. The highest BCUT2D eigenvalue weighted by molar-refractivity contribution is 5.86. The molecule has 45 heavy (non-hydrogen) atoms. The van der Waals surface area contributed by atoms with Crippen molar-refractivity contribution in [1.82, 2.24) is 0 Å². The smallest absolute Gasteiger partial charge is 0.0656 e. The lowest BCUT2D eigenvalue weighted by molar-refractivity contribution is 0.660. The Balaban J connectivity index is 0.000000167. The lowest BCUT2D eigenvalue weighted by Gasteiger charge is -2.34. The molecule has 0 heteroatoms. The fourth-order valence-corrected chi connectivity index (χ4v) is 7.30. The molecule has 0 bridgehead atoms. The van der Waals surface area contributed by atoms with Gasteiger partial charge < -0.3 is 0 Å². The van der Waals surface area contributed by atoms with E-state index in [0.717, 1.165) is 0 Å². The third kappa shape index (κ3) is 5.13. The van der Waals surface area contributed by atoms with Gasteiger partial charge in [0.25, 0.3) is 0 Å². The molecule has 0 N–H and O–H groups in total. The summed E-state index contributed by atoms with van der Waals surface area (Å²) < 4.78 is 0. The Morgan fingerprint density at radius 3 is 0.978 bits per heavy atom. The summed E-state index contributed by atoms with van der Waals surface area (Å²) >= 11 is 0. The van der Waals surface area contributed by atoms with E-state index < -0.39 is 0 Å². The third-order valence-corrected chi connectivity index (χ3v) is 9.41. The average molecular weight is 585 g/mol. The van der Waals surface area contributed by atoms with Gasteiger partial charge in [-0.15, -0.1) is 0 Å². The van der Waals surface area contributed by atoms with E-state index in [-0.39, 0.29) is 10.8 Å².